The van der Waals surface area contributed by atoms with Gasteiger partial charge < -0.3 is 4.90 Å². The summed E-state index contributed by atoms with van der Waals surface area (Å²) in [6, 6.07) is 32.8. The zero-order valence-corrected chi connectivity index (χ0v) is 26.1. The molecule has 1 fully saturated rings. The van der Waals surface area contributed by atoms with E-state index in [2.05, 4.69) is 14.8 Å². The minimum atomic E-state index is -0.323. The van der Waals surface area contributed by atoms with Crippen molar-refractivity contribution < 1.29 is 0 Å². The van der Waals surface area contributed by atoms with Crippen LogP contribution in [0.2, 0.25) is 0 Å². The third kappa shape index (κ3) is 4.95. The van der Waals surface area contributed by atoms with E-state index in [9.17, 15) is 14.4 Å². The Balaban J connectivity index is 1.20. The molecule has 1 aliphatic heterocycles. The number of unbranched alkanes of at least 4 members (excludes halogenated alkanes) is 1. The smallest absolute Gasteiger partial charge is 0.262 e. The van der Waals surface area contributed by atoms with Crippen molar-refractivity contribution in [2.75, 3.05) is 37.6 Å². The molecule has 7 nitrogen and oxygen atoms in total. The Bertz CT molecular complexity index is 2370. The Morgan fingerprint density at radius 3 is 1.70 bits per heavy atom. The van der Waals surface area contributed by atoms with Crippen molar-refractivity contribution in [2.24, 2.45) is 0 Å². The molecule has 1 aliphatic rings. The first kappa shape index (κ1) is 29.0. The van der Waals surface area contributed by atoms with E-state index >= 15 is 0 Å². The third-order valence-corrected chi connectivity index (χ3v) is 9.66. The molecule has 0 atom stereocenters. The molecule has 7 aromatic rings. The summed E-state index contributed by atoms with van der Waals surface area (Å²) < 4.78 is 1.41. The monoisotopic (exact) mass is 618 g/mol. The summed E-state index contributed by atoms with van der Waals surface area (Å²) in [6.45, 7) is 4.98. The van der Waals surface area contributed by atoms with Crippen LogP contribution in [0.3, 0.4) is 0 Å². The van der Waals surface area contributed by atoms with Crippen LogP contribution in [0.4, 0.5) is 5.82 Å². The van der Waals surface area contributed by atoms with Gasteiger partial charge >= 0.3 is 0 Å². The second-order valence-electron chi connectivity index (χ2n) is 12.3. The van der Waals surface area contributed by atoms with Gasteiger partial charge in [0, 0.05) is 66.2 Å². The number of pyridine rings is 1. The van der Waals surface area contributed by atoms with Crippen molar-refractivity contribution in [3.63, 3.8) is 0 Å². The van der Waals surface area contributed by atoms with E-state index in [0.29, 0.717) is 45.6 Å². The molecule has 1 saturated heterocycles. The highest BCUT2D eigenvalue weighted by Crippen LogP contribution is 2.43. The molecule has 2 aromatic heterocycles. The second-order valence-corrected chi connectivity index (χ2v) is 12.3. The molecule has 0 aliphatic carbocycles. The first-order valence-electron chi connectivity index (χ1n) is 16.3. The first-order chi connectivity index (χ1) is 23.1. The van der Waals surface area contributed by atoms with Gasteiger partial charge in [-0.2, -0.15) is 0 Å². The summed E-state index contributed by atoms with van der Waals surface area (Å²) in [5.41, 5.74) is 2.08. The number of nitrogens with zero attached hydrogens (tertiary/aromatic N) is 4. The van der Waals surface area contributed by atoms with Gasteiger partial charge in [-0.15, -0.1) is 0 Å². The highest BCUT2D eigenvalue weighted by molar-refractivity contribution is 6.29. The number of hydrogen-bond donors (Lipinski definition) is 0. The lowest BCUT2D eigenvalue weighted by Gasteiger charge is -2.35. The molecule has 0 bridgehead atoms. The summed E-state index contributed by atoms with van der Waals surface area (Å²) in [4.78, 5) is 52.3. The average molecular weight is 619 g/mol. The van der Waals surface area contributed by atoms with E-state index < -0.39 is 0 Å². The van der Waals surface area contributed by atoms with E-state index in [4.69, 9.17) is 0 Å². The van der Waals surface area contributed by atoms with Crippen LogP contribution in [0.25, 0.3) is 54.6 Å². The van der Waals surface area contributed by atoms with Crippen LogP contribution in [0.15, 0.2) is 124 Å². The molecule has 0 spiro atoms. The molecule has 0 amide bonds. The van der Waals surface area contributed by atoms with E-state index in [1.165, 1.54) is 4.57 Å². The molecule has 5 aromatic carbocycles. The maximum atomic E-state index is 14.4. The van der Waals surface area contributed by atoms with Gasteiger partial charge in [0.05, 0.1) is 10.8 Å². The number of fused-ring (bicyclic) bond motifs is 4. The molecule has 47 heavy (non-hydrogen) atoms. The summed E-state index contributed by atoms with van der Waals surface area (Å²) in [5.74, 6) is 1.01. The first-order valence-corrected chi connectivity index (χ1v) is 16.3. The van der Waals surface area contributed by atoms with Crippen LogP contribution >= 0.6 is 0 Å². The van der Waals surface area contributed by atoms with E-state index in [1.54, 1.807) is 0 Å². The Morgan fingerprint density at radius 1 is 0.532 bits per heavy atom. The lowest BCUT2D eigenvalue weighted by Crippen LogP contribution is -2.46. The van der Waals surface area contributed by atoms with Crippen molar-refractivity contribution in [1.82, 2.24) is 14.5 Å². The second kappa shape index (κ2) is 12.1. The molecular formula is C40H34N4O3. The molecule has 7 heteroatoms. The van der Waals surface area contributed by atoms with Crippen LogP contribution in [-0.4, -0.2) is 47.2 Å². The quantitative estimate of drug-likeness (QED) is 0.188. The molecule has 8 rings (SSSR count). The number of benzene rings is 4. The van der Waals surface area contributed by atoms with Crippen LogP contribution in [-0.2, 0) is 6.54 Å². The average Bonchev–Trinajstić information content (AvgIpc) is 3.56. The van der Waals surface area contributed by atoms with Gasteiger partial charge in [0.15, 0.2) is 5.43 Å². The Labute approximate surface area is 271 Å². The van der Waals surface area contributed by atoms with E-state index in [0.717, 1.165) is 66.9 Å². The summed E-state index contributed by atoms with van der Waals surface area (Å²) in [7, 11) is 0. The molecule has 0 unspecified atom stereocenters. The topological polar surface area (TPSA) is 75.5 Å². The van der Waals surface area contributed by atoms with Crippen molar-refractivity contribution in [2.45, 2.75) is 19.4 Å². The number of hydrogen-bond acceptors (Lipinski definition) is 6. The van der Waals surface area contributed by atoms with Crippen LogP contribution < -0.4 is 21.4 Å². The number of anilines is 1. The number of piperazine rings is 1. The zero-order chi connectivity index (χ0) is 31.9. The Kier molecular flexibility index (Phi) is 7.46. The third-order valence-electron chi connectivity index (χ3n) is 9.66. The summed E-state index contributed by atoms with van der Waals surface area (Å²) >= 11 is 0. The van der Waals surface area contributed by atoms with Crippen molar-refractivity contribution in [3.8, 4) is 22.3 Å². The molecule has 0 N–H and O–H groups in total. The van der Waals surface area contributed by atoms with Gasteiger partial charge in [0.2, 0.25) is 0 Å². The van der Waals surface area contributed by atoms with E-state index in [1.807, 2.05) is 109 Å². The highest BCUT2D eigenvalue weighted by Gasteiger charge is 2.28. The summed E-state index contributed by atoms with van der Waals surface area (Å²) in [5, 5.41) is 3.37. The van der Waals surface area contributed by atoms with Gasteiger partial charge in [-0.3, -0.25) is 23.9 Å². The van der Waals surface area contributed by atoms with Gasteiger partial charge in [-0.25, -0.2) is 4.98 Å². The number of rotatable bonds is 8. The summed E-state index contributed by atoms with van der Waals surface area (Å²) in [6.07, 6.45) is 3.40. The zero-order valence-electron chi connectivity index (χ0n) is 26.1. The van der Waals surface area contributed by atoms with E-state index in [-0.39, 0.29) is 16.5 Å². The fourth-order valence-electron chi connectivity index (χ4n) is 7.41. The predicted molar refractivity (Wildman–Crippen MR) is 191 cm³/mol. The standard InChI is InChI=1S/C40H34N4O3/c45-38-30-18-8-7-17-29(30)34-32(27-13-3-1-4-14-27)36-37(33(35(34)38)28-15-5-2-6-16-28)40(47)44(39(36)46)22-12-11-21-42-23-25-43(26-24-42)31-19-9-10-20-41-31/h1-10,13-20H,11-12,21-26H2. The van der Waals surface area contributed by atoms with Gasteiger partial charge in [-0.1, -0.05) is 91.0 Å². The van der Waals surface area contributed by atoms with Gasteiger partial charge in [-0.05, 0) is 48.0 Å². The SMILES string of the molecule is O=c1c2ccccc2c2c(-c3ccccc3)c3c(=O)n(CCCCN4CCN(c5ccccn5)CC4)c(=O)c3c(-c3ccccc3)c12. The molecule has 0 radical (unpaired) electrons. The largest absolute Gasteiger partial charge is 0.354 e. The van der Waals surface area contributed by atoms with Crippen LogP contribution in [0, 0.1) is 0 Å². The maximum Gasteiger partial charge on any atom is 0.262 e. The van der Waals surface area contributed by atoms with Crippen LogP contribution in [0.5, 0.6) is 0 Å². The maximum absolute atomic E-state index is 14.4. The Morgan fingerprint density at radius 2 is 1.09 bits per heavy atom. The number of aromatic nitrogens is 2. The molecule has 232 valence electrons. The lowest BCUT2D eigenvalue weighted by molar-refractivity contribution is 0.250. The normalized spacial score (nSPS) is 14.1. The minimum absolute atomic E-state index is 0.115. The van der Waals surface area contributed by atoms with Crippen LogP contribution in [0.1, 0.15) is 12.8 Å². The molecule has 3 heterocycles. The minimum Gasteiger partial charge on any atom is -0.354 e. The van der Waals surface area contributed by atoms with Crippen molar-refractivity contribution in [1.29, 1.82) is 0 Å². The fraction of sp³-hybridized carbons (Fsp3) is 0.200. The molecule has 0 saturated carbocycles. The molecular weight excluding hydrogens is 584 g/mol. The van der Waals surface area contributed by atoms with Gasteiger partial charge in [0.1, 0.15) is 5.82 Å². The fourth-order valence-corrected chi connectivity index (χ4v) is 7.41. The van der Waals surface area contributed by atoms with Crippen molar-refractivity contribution >= 4 is 38.1 Å². The lowest BCUT2D eigenvalue weighted by atomic mass is 9.89. The predicted octanol–water partition coefficient (Wildman–Crippen LogP) is 6.24. The van der Waals surface area contributed by atoms with Gasteiger partial charge in [0.25, 0.3) is 11.1 Å². The Hall–Kier alpha value is -5.40. The van der Waals surface area contributed by atoms with Crippen molar-refractivity contribution in [3.05, 3.63) is 140 Å². The highest BCUT2D eigenvalue weighted by atomic mass is 16.2.